The Kier molecular flexibility index (Phi) is 2.99. The maximum absolute atomic E-state index is 4.62. The molecule has 2 aliphatic carbocycles. The van der Waals surface area contributed by atoms with Gasteiger partial charge in [0.1, 0.15) is 5.01 Å². The first-order valence-electron chi connectivity index (χ1n) is 6.88. The van der Waals surface area contributed by atoms with Crippen LogP contribution >= 0.6 is 11.3 Å². The van der Waals surface area contributed by atoms with Crippen molar-refractivity contribution >= 4 is 11.3 Å². The topological polar surface area (TPSA) is 24.9 Å². The molecular weight excluding hydrogens is 228 g/mol. The Balaban J connectivity index is 1.89. The highest BCUT2D eigenvalue weighted by Gasteiger charge is 2.46. The summed E-state index contributed by atoms with van der Waals surface area (Å²) in [6, 6.07) is 0.759. The molecule has 94 valence electrons. The minimum atomic E-state index is 0.182. The fourth-order valence-electron chi connectivity index (χ4n) is 3.27. The average molecular weight is 250 g/mol. The number of hydrogen-bond acceptors (Lipinski definition) is 3. The lowest BCUT2D eigenvalue weighted by atomic mass is 9.70. The van der Waals surface area contributed by atoms with Crippen molar-refractivity contribution in [3.63, 3.8) is 0 Å². The van der Waals surface area contributed by atoms with Gasteiger partial charge < -0.3 is 5.32 Å². The van der Waals surface area contributed by atoms with Gasteiger partial charge in [0.15, 0.2) is 0 Å². The molecule has 0 saturated heterocycles. The Hall–Kier alpha value is -0.410. The van der Waals surface area contributed by atoms with E-state index in [-0.39, 0.29) is 5.54 Å². The van der Waals surface area contributed by atoms with E-state index in [1.54, 1.807) is 0 Å². The third-order valence-electron chi connectivity index (χ3n) is 4.48. The Morgan fingerprint density at radius 2 is 2.18 bits per heavy atom. The van der Waals surface area contributed by atoms with Crippen molar-refractivity contribution in [1.82, 2.24) is 10.3 Å². The monoisotopic (exact) mass is 250 g/mol. The fraction of sp³-hybridized carbons (Fsp3) is 0.786. The molecule has 2 saturated carbocycles. The van der Waals surface area contributed by atoms with Gasteiger partial charge in [-0.2, -0.15) is 0 Å². The quantitative estimate of drug-likeness (QED) is 0.887. The lowest BCUT2D eigenvalue weighted by Crippen LogP contribution is -2.51. The van der Waals surface area contributed by atoms with Crippen LogP contribution in [0.5, 0.6) is 0 Å². The second-order valence-electron chi connectivity index (χ2n) is 6.01. The Bertz CT molecular complexity index is 372. The summed E-state index contributed by atoms with van der Waals surface area (Å²) < 4.78 is 0. The molecule has 0 bridgehead atoms. The molecule has 3 atom stereocenters. The molecule has 17 heavy (non-hydrogen) atoms. The summed E-state index contributed by atoms with van der Waals surface area (Å²) in [5, 5.41) is 7.37. The SMILES string of the molecule is CC1CCC(NC2CC2)(c2nccs2)C(C)C1. The molecule has 0 radical (unpaired) electrons. The van der Waals surface area contributed by atoms with Crippen LogP contribution in [-0.2, 0) is 5.54 Å². The minimum Gasteiger partial charge on any atom is -0.302 e. The van der Waals surface area contributed by atoms with Gasteiger partial charge in [0.2, 0.25) is 0 Å². The molecule has 3 rings (SSSR count). The first-order valence-corrected chi connectivity index (χ1v) is 7.76. The van der Waals surface area contributed by atoms with Gasteiger partial charge in [0, 0.05) is 17.6 Å². The van der Waals surface area contributed by atoms with Crippen molar-refractivity contribution in [2.45, 2.75) is 57.5 Å². The van der Waals surface area contributed by atoms with Gasteiger partial charge in [-0.25, -0.2) is 4.98 Å². The molecule has 0 amide bonds. The summed E-state index contributed by atoms with van der Waals surface area (Å²) in [7, 11) is 0. The molecule has 2 aliphatic rings. The fourth-order valence-corrected chi connectivity index (χ4v) is 4.22. The van der Waals surface area contributed by atoms with Crippen molar-refractivity contribution in [3.8, 4) is 0 Å². The number of rotatable bonds is 3. The van der Waals surface area contributed by atoms with E-state index in [0.29, 0.717) is 5.92 Å². The van der Waals surface area contributed by atoms with Gasteiger partial charge in [-0.1, -0.05) is 13.8 Å². The van der Waals surface area contributed by atoms with Crippen LogP contribution in [0.15, 0.2) is 11.6 Å². The van der Waals surface area contributed by atoms with Crippen LogP contribution in [0.2, 0.25) is 0 Å². The highest BCUT2D eigenvalue weighted by molar-refractivity contribution is 7.09. The van der Waals surface area contributed by atoms with Crippen molar-refractivity contribution in [2.75, 3.05) is 0 Å². The predicted molar refractivity (Wildman–Crippen MR) is 72.1 cm³/mol. The van der Waals surface area contributed by atoms with E-state index in [9.17, 15) is 0 Å². The summed E-state index contributed by atoms with van der Waals surface area (Å²) in [6.07, 6.45) is 8.61. The van der Waals surface area contributed by atoms with Gasteiger partial charge in [-0.15, -0.1) is 11.3 Å². The van der Waals surface area contributed by atoms with E-state index in [0.717, 1.165) is 12.0 Å². The number of hydrogen-bond donors (Lipinski definition) is 1. The Morgan fingerprint density at radius 1 is 1.35 bits per heavy atom. The molecular formula is C14H22N2S. The molecule has 3 unspecified atom stereocenters. The van der Waals surface area contributed by atoms with E-state index in [4.69, 9.17) is 0 Å². The smallest absolute Gasteiger partial charge is 0.113 e. The van der Waals surface area contributed by atoms with E-state index < -0.39 is 0 Å². The first kappa shape index (κ1) is 11.7. The van der Waals surface area contributed by atoms with Crippen molar-refractivity contribution in [1.29, 1.82) is 0 Å². The molecule has 1 heterocycles. The van der Waals surface area contributed by atoms with E-state index in [2.05, 4.69) is 29.5 Å². The summed E-state index contributed by atoms with van der Waals surface area (Å²) in [5.74, 6) is 1.58. The third-order valence-corrected chi connectivity index (χ3v) is 5.43. The third kappa shape index (κ3) is 2.15. The van der Waals surface area contributed by atoms with Crippen molar-refractivity contribution < 1.29 is 0 Å². The van der Waals surface area contributed by atoms with Gasteiger partial charge >= 0.3 is 0 Å². The number of thiazole rings is 1. The van der Waals surface area contributed by atoms with Crippen LogP contribution in [0.1, 0.15) is 51.0 Å². The highest BCUT2D eigenvalue weighted by atomic mass is 32.1. The second-order valence-corrected chi connectivity index (χ2v) is 6.90. The minimum absolute atomic E-state index is 0.182. The standard InChI is InChI=1S/C14H22N2S/c1-10-5-6-14(11(2)9-10,16-12-3-4-12)13-15-7-8-17-13/h7-8,10-12,16H,3-6,9H2,1-2H3. The molecule has 1 aromatic heterocycles. The maximum atomic E-state index is 4.62. The van der Waals surface area contributed by atoms with Crippen LogP contribution in [0.3, 0.4) is 0 Å². The number of nitrogens with one attached hydrogen (secondary N) is 1. The molecule has 2 fully saturated rings. The zero-order chi connectivity index (χ0) is 11.9. The van der Waals surface area contributed by atoms with Crippen LogP contribution in [0.4, 0.5) is 0 Å². The van der Waals surface area contributed by atoms with E-state index in [1.165, 1.54) is 37.1 Å². The van der Waals surface area contributed by atoms with Gasteiger partial charge in [0.25, 0.3) is 0 Å². The van der Waals surface area contributed by atoms with E-state index in [1.807, 2.05) is 17.5 Å². The second kappa shape index (κ2) is 4.36. The van der Waals surface area contributed by atoms with Crippen LogP contribution in [0, 0.1) is 11.8 Å². The van der Waals surface area contributed by atoms with Gasteiger partial charge in [0.05, 0.1) is 5.54 Å². The lowest BCUT2D eigenvalue weighted by molar-refractivity contribution is 0.119. The number of aromatic nitrogens is 1. The molecule has 0 aliphatic heterocycles. The van der Waals surface area contributed by atoms with Crippen molar-refractivity contribution in [3.05, 3.63) is 16.6 Å². The van der Waals surface area contributed by atoms with Gasteiger partial charge in [-0.05, 0) is 43.9 Å². The summed E-state index contributed by atoms with van der Waals surface area (Å²) in [5.41, 5.74) is 0.182. The predicted octanol–water partition coefficient (Wildman–Crippen LogP) is 3.55. The molecule has 0 spiro atoms. The highest BCUT2D eigenvalue weighted by Crippen LogP contribution is 2.46. The average Bonchev–Trinajstić information content (AvgIpc) is 2.94. The van der Waals surface area contributed by atoms with Gasteiger partial charge in [-0.3, -0.25) is 0 Å². The molecule has 2 nitrogen and oxygen atoms in total. The van der Waals surface area contributed by atoms with Crippen LogP contribution in [0.25, 0.3) is 0 Å². The van der Waals surface area contributed by atoms with Crippen molar-refractivity contribution in [2.24, 2.45) is 11.8 Å². The maximum Gasteiger partial charge on any atom is 0.113 e. The summed E-state index contributed by atoms with van der Waals surface area (Å²) >= 11 is 1.83. The molecule has 1 aromatic rings. The summed E-state index contributed by atoms with van der Waals surface area (Å²) in [6.45, 7) is 4.80. The largest absolute Gasteiger partial charge is 0.302 e. The van der Waals surface area contributed by atoms with E-state index >= 15 is 0 Å². The number of nitrogens with zero attached hydrogens (tertiary/aromatic N) is 1. The van der Waals surface area contributed by atoms with Crippen LogP contribution in [-0.4, -0.2) is 11.0 Å². The first-order chi connectivity index (χ1) is 8.21. The Labute approximate surface area is 108 Å². The lowest BCUT2D eigenvalue weighted by Gasteiger charge is -2.44. The Morgan fingerprint density at radius 3 is 2.76 bits per heavy atom. The zero-order valence-corrected chi connectivity index (χ0v) is 11.6. The molecule has 3 heteroatoms. The summed E-state index contributed by atoms with van der Waals surface area (Å²) in [4.78, 5) is 4.62. The van der Waals surface area contributed by atoms with Crippen LogP contribution < -0.4 is 5.32 Å². The zero-order valence-electron chi connectivity index (χ0n) is 10.8. The molecule has 1 N–H and O–H groups in total. The normalized spacial score (nSPS) is 38.2. The molecule has 0 aromatic carbocycles.